The Labute approximate surface area is 116 Å². The summed E-state index contributed by atoms with van der Waals surface area (Å²) in [5.74, 6) is 1.21. The number of ether oxygens (including phenoxy) is 1. The molecule has 3 nitrogen and oxygen atoms in total. The number of hydrogen-bond acceptors (Lipinski definition) is 4. The van der Waals surface area contributed by atoms with Gasteiger partial charge in [0.2, 0.25) is 0 Å². The number of amidine groups is 1. The normalized spacial score (nSPS) is 18.5. The van der Waals surface area contributed by atoms with E-state index in [1.54, 1.807) is 0 Å². The summed E-state index contributed by atoms with van der Waals surface area (Å²) in [7, 11) is 0. The second kappa shape index (κ2) is 8.81. The summed E-state index contributed by atoms with van der Waals surface area (Å²) < 4.78 is 5.45. The molecule has 1 rings (SSSR count). The lowest BCUT2D eigenvalue weighted by Crippen LogP contribution is -2.35. The SMILES string of the molecule is CCCOCCCNC1=NCC(CC)(CC)CS1. The molecule has 1 N–H and O–H groups in total. The van der Waals surface area contributed by atoms with Crippen LogP contribution in [0.4, 0.5) is 0 Å². The van der Waals surface area contributed by atoms with Crippen molar-refractivity contribution in [3.8, 4) is 0 Å². The largest absolute Gasteiger partial charge is 0.381 e. The molecule has 0 saturated heterocycles. The molecule has 0 saturated carbocycles. The van der Waals surface area contributed by atoms with Crippen LogP contribution in [-0.2, 0) is 4.74 Å². The summed E-state index contributed by atoms with van der Waals surface area (Å²) in [6.45, 7) is 10.4. The minimum Gasteiger partial charge on any atom is -0.381 e. The van der Waals surface area contributed by atoms with Crippen LogP contribution in [0.1, 0.15) is 46.5 Å². The molecule has 0 amide bonds. The molecule has 0 spiro atoms. The number of nitrogens with zero attached hydrogens (tertiary/aromatic N) is 1. The Hall–Kier alpha value is -0.220. The number of thioether (sulfide) groups is 1. The van der Waals surface area contributed by atoms with E-state index < -0.39 is 0 Å². The van der Waals surface area contributed by atoms with Crippen molar-refractivity contribution in [1.29, 1.82) is 0 Å². The summed E-state index contributed by atoms with van der Waals surface area (Å²) in [6, 6.07) is 0. The first-order chi connectivity index (χ1) is 8.76. The van der Waals surface area contributed by atoms with E-state index in [0.29, 0.717) is 5.41 Å². The second-order valence-corrected chi connectivity index (χ2v) is 5.97. The van der Waals surface area contributed by atoms with Gasteiger partial charge in [-0.15, -0.1) is 0 Å². The summed E-state index contributed by atoms with van der Waals surface area (Å²) >= 11 is 1.89. The monoisotopic (exact) mass is 272 g/mol. The van der Waals surface area contributed by atoms with Crippen molar-refractivity contribution in [3.63, 3.8) is 0 Å². The third kappa shape index (κ3) is 5.19. The van der Waals surface area contributed by atoms with Gasteiger partial charge in [0.05, 0.1) is 0 Å². The van der Waals surface area contributed by atoms with Gasteiger partial charge in [-0.25, -0.2) is 0 Å². The molecule has 0 fully saturated rings. The van der Waals surface area contributed by atoms with E-state index in [2.05, 4.69) is 31.1 Å². The molecule has 0 bridgehead atoms. The zero-order valence-electron chi connectivity index (χ0n) is 12.1. The van der Waals surface area contributed by atoms with Gasteiger partial charge in [0, 0.05) is 32.1 Å². The number of nitrogens with one attached hydrogen (secondary N) is 1. The Morgan fingerprint density at radius 3 is 2.61 bits per heavy atom. The van der Waals surface area contributed by atoms with Gasteiger partial charge in [0.25, 0.3) is 0 Å². The smallest absolute Gasteiger partial charge is 0.156 e. The van der Waals surface area contributed by atoms with Crippen LogP contribution in [0.5, 0.6) is 0 Å². The van der Waals surface area contributed by atoms with Crippen molar-refractivity contribution < 1.29 is 4.74 Å². The van der Waals surface area contributed by atoms with Crippen molar-refractivity contribution in [2.75, 3.05) is 32.1 Å². The predicted molar refractivity (Wildman–Crippen MR) is 81.5 cm³/mol. The summed E-state index contributed by atoms with van der Waals surface area (Å²) in [4.78, 5) is 4.69. The van der Waals surface area contributed by atoms with Crippen LogP contribution >= 0.6 is 11.8 Å². The van der Waals surface area contributed by atoms with E-state index in [1.807, 2.05) is 11.8 Å². The zero-order chi connectivity index (χ0) is 13.3. The quantitative estimate of drug-likeness (QED) is 0.688. The van der Waals surface area contributed by atoms with Gasteiger partial charge in [-0.2, -0.15) is 0 Å². The molecule has 0 unspecified atom stereocenters. The maximum absolute atomic E-state index is 5.45. The second-order valence-electron chi connectivity index (χ2n) is 5.01. The zero-order valence-corrected chi connectivity index (χ0v) is 12.9. The average molecular weight is 272 g/mol. The lowest BCUT2D eigenvalue weighted by molar-refractivity contribution is 0.133. The Morgan fingerprint density at radius 2 is 2.06 bits per heavy atom. The van der Waals surface area contributed by atoms with Gasteiger partial charge in [-0.1, -0.05) is 32.5 Å². The van der Waals surface area contributed by atoms with Crippen molar-refractivity contribution in [2.45, 2.75) is 46.5 Å². The van der Waals surface area contributed by atoms with Gasteiger partial charge in [0.15, 0.2) is 5.17 Å². The molecule has 106 valence electrons. The highest BCUT2D eigenvalue weighted by Crippen LogP contribution is 2.34. The Balaban J connectivity index is 2.15. The van der Waals surface area contributed by atoms with Crippen LogP contribution in [0.3, 0.4) is 0 Å². The molecule has 1 aliphatic rings. The Bertz CT molecular complexity index is 252. The van der Waals surface area contributed by atoms with Crippen LogP contribution in [0.25, 0.3) is 0 Å². The highest BCUT2D eigenvalue weighted by atomic mass is 32.2. The van der Waals surface area contributed by atoms with Crippen LogP contribution in [-0.4, -0.2) is 37.2 Å². The van der Waals surface area contributed by atoms with E-state index in [1.165, 1.54) is 18.6 Å². The molecule has 0 aromatic heterocycles. The number of hydrogen-bond donors (Lipinski definition) is 1. The maximum atomic E-state index is 5.45. The summed E-state index contributed by atoms with van der Waals surface area (Å²) in [6.07, 6.45) is 4.63. The minimum absolute atomic E-state index is 0.445. The third-order valence-electron chi connectivity index (χ3n) is 3.66. The molecule has 0 atom stereocenters. The first kappa shape index (κ1) is 15.8. The van der Waals surface area contributed by atoms with Gasteiger partial charge >= 0.3 is 0 Å². The summed E-state index contributed by atoms with van der Waals surface area (Å²) in [5.41, 5.74) is 0.445. The molecule has 0 aromatic carbocycles. The third-order valence-corrected chi connectivity index (χ3v) is 4.97. The highest BCUT2D eigenvalue weighted by molar-refractivity contribution is 8.13. The van der Waals surface area contributed by atoms with E-state index >= 15 is 0 Å². The van der Waals surface area contributed by atoms with Crippen LogP contribution in [0.15, 0.2) is 4.99 Å². The van der Waals surface area contributed by atoms with Crippen molar-refractivity contribution in [1.82, 2.24) is 5.32 Å². The molecular weight excluding hydrogens is 244 g/mol. The highest BCUT2D eigenvalue weighted by Gasteiger charge is 2.29. The molecule has 4 heteroatoms. The van der Waals surface area contributed by atoms with E-state index in [4.69, 9.17) is 4.74 Å². The van der Waals surface area contributed by atoms with Crippen molar-refractivity contribution >= 4 is 16.9 Å². The fourth-order valence-corrected chi connectivity index (χ4v) is 3.26. The van der Waals surface area contributed by atoms with Gasteiger partial charge < -0.3 is 10.1 Å². The van der Waals surface area contributed by atoms with Gasteiger partial charge in [-0.3, -0.25) is 4.99 Å². The Morgan fingerprint density at radius 1 is 1.28 bits per heavy atom. The van der Waals surface area contributed by atoms with Crippen molar-refractivity contribution in [3.05, 3.63) is 0 Å². The number of aliphatic imine (C=N–C) groups is 1. The topological polar surface area (TPSA) is 33.6 Å². The average Bonchev–Trinajstić information content (AvgIpc) is 2.43. The molecule has 0 aromatic rings. The fraction of sp³-hybridized carbons (Fsp3) is 0.929. The minimum atomic E-state index is 0.445. The molecular formula is C14H28N2OS. The van der Waals surface area contributed by atoms with Crippen LogP contribution in [0.2, 0.25) is 0 Å². The van der Waals surface area contributed by atoms with Crippen LogP contribution < -0.4 is 5.32 Å². The summed E-state index contributed by atoms with van der Waals surface area (Å²) in [5, 5.41) is 4.55. The van der Waals surface area contributed by atoms with E-state index in [-0.39, 0.29) is 0 Å². The van der Waals surface area contributed by atoms with Crippen LogP contribution in [0, 0.1) is 5.41 Å². The predicted octanol–water partition coefficient (Wildman–Crippen LogP) is 3.30. The van der Waals surface area contributed by atoms with E-state index in [0.717, 1.165) is 44.3 Å². The standard InChI is InChI=1S/C14H28N2OS/c1-4-9-17-10-7-8-15-13-16-11-14(5-2,6-3)12-18-13/h4-12H2,1-3H3,(H,15,16). The van der Waals surface area contributed by atoms with Gasteiger partial charge in [-0.05, 0) is 31.1 Å². The van der Waals surface area contributed by atoms with Crippen molar-refractivity contribution in [2.24, 2.45) is 10.4 Å². The molecule has 1 aliphatic heterocycles. The number of rotatable bonds is 8. The lowest BCUT2D eigenvalue weighted by Gasteiger charge is -2.33. The molecule has 0 radical (unpaired) electrons. The molecule has 1 heterocycles. The first-order valence-corrected chi connectivity index (χ1v) is 8.23. The Kier molecular flexibility index (Phi) is 7.75. The molecule has 0 aliphatic carbocycles. The molecule has 18 heavy (non-hydrogen) atoms. The van der Waals surface area contributed by atoms with Gasteiger partial charge in [0.1, 0.15) is 0 Å². The maximum Gasteiger partial charge on any atom is 0.156 e. The lowest BCUT2D eigenvalue weighted by atomic mass is 9.84. The fourth-order valence-electron chi connectivity index (χ4n) is 1.95. The van der Waals surface area contributed by atoms with E-state index in [9.17, 15) is 0 Å². The first-order valence-electron chi connectivity index (χ1n) is 7.25.